The standard InChI is InChI=1S/C17H21FN2/c1-12-5-8-16(18)14(9-12)11-19-15-7-6-13(2)17(10-15)20(3)4/h5-10,19H,11H2,1-4H3. The Morgan fingerprint density at radius 2 is 1.80 bits per heavy atom. The monoisotopic (exact) mass is 272 g/mol. The summed E-state index contributed by atoms with van der Waals surface area (Å²) in [5.41, 5.74) is 5.15. The van der Waals surface area contributed by atoms with E-state index in [9.17, 15) is 4.39 Å². The SMILES string of the molecule is Cc1ccc(F)c(CNc2ccc(C)c(N(C)C)c2)c1. The minimum absolute atomic E-state index is 0.164. The third-order valence-corrected chi connectivity index (χ3v) is 3.38. The van der Waals surface area contributed by atoms with Crippen molar-refractivity contribution in [2.45, 2.75) is 20.4 Å². The molecule has 0 spiro atoms. The van der Waals surface area contributed by atoms with Crippen molar-refractivity contribution in [1.29, 1.82) is 0 Å². The van der Waals surface area contributed by atoms with Gasteiger partial charge in [-0.25, -0.2) is 4.39 Å². The van der Waals surface area contributed by atoms with Crippen molar-refractivity contribution >= 4 is 11.4 Å². The second-order valence-corrected chi connectivity index (χ2v) is 5.34. The zero-order chi connectivity index (χ0) is 14.7. The smallest absolute Gasteiger partial charge is 0.128 e. The zero-order valence-electron chi connectivity index (χ0n) is 12.5. The van der Waals surface area contributed by atoms with Crippen molar-refractivity contribution in [2.24, 2.45) is 0 Å². The van der Waals surface area contributed by atoms with Gasteiger partial charge in [0.25, 0.3) is 0 Å². The lowest BCUT2D eigenvalue weighted by molar-refractivity contribution is 0.612. The molecule has 106 valence electrons. The van der Waals surface area contributed by atoms with Crippen molar-refractivity contribution in [3.63, 3.8) is 0 Å². The molecule has 2 nitrogen and oxygen atoms in total. The predicted molar refractivity (Wildman–Crippen MR) is 84.0 cm³/mol. The third-order valence-electron chi connectivity index (χ3n) is 3.38. The molecule has 0 fully saturated rings. The molecule has 2 aromatic carbocycles. The first kappa shape index (κ1) is 14.4. The Morgan fingerprint density at radius 3 is 2.50 bits per heavy atom. The van der Waals surface area contributed by atoms with Crippen molar-refractivity contribution in [3.8, 4) is 0 Å². The Morgan fingerprint density at radius 1 is 1.05 bits per heavy atom. The lowest BCUT2D eigenvalue weighted by atomic mass is 10.1. The minimum atomic E-state index is -0.164. The van der Waals surface area contributed by atoms with Gasteiger partial charge in [-0.15, -0.1) is 0 Å². The Hall–Kier alpha value is -2.03. The van der Waals surface area contributed by atoms with Gasteiger partial charge in [-0.2, -0.15) is 0 Å². The van der Waals surface area contributed by atoms with E-state index < -0.39 is 0 Å². The van der Waals surface area contributed by atoms with Crippen LogP contribution in [-0.2, 0) is 6.54 Å². The Balaban J connectivity index is 2.15. The highest BCUT2D eigenvalue weighted by Gasteiger charge is 2.05. The van der Waals surface area contributed by atoms with Crippen LogP contribution in [0.3, 0.4) is 0 Å². The van der Waals surface area contributed by atoms with Crippen LogP contribution in [0.15, 0.2) is 36.4 Å². The molecule has 1 N–H and O–H groups in total. The Bertz CT molecular complexity index is 606. The summed E-state index contributed by atoms with van der Waals surface area (Å²) in [6, 6.07) is 11.4. The molecule has 20 heavy (non-hydrogen) atoms. The molecular formula is C17H21FN2. The molecule has 0 unspecified atom stereocenters. The van der Waals surface area contributed by atoms with Crippen LogP contribution in [0.5, 0.6) is 0 Å². The molecule has 0 bridgehead atoms. The largest absolute Gasteiger partial charge is 0.381 e. The minimum Gasteiger partial charge on any atom is -0.381 e. The normalized spacial score (nSPS) is 10.4. The van der Waals surface area contributed by atoms with E-state index in [4.69, 9.17) is 0 Å². The van der Waals surface area contributed by atoms with Crippen molar-refractivity contribution in [1.82, 2.24) is 0 Å². The number of benzene rings is 2. The first-order valence-corrected chi connectivity index (χ1v) is 6.74. The van der Waals surface area contributed by atoms with E-state index in [1.165, 1.54) is 17.3 Å². The van der Waals surface area contributed by atoms with Crippen molar-refractivity contribution in [2.75, 3.05) is 24.3 Å². The lowest BCUT2D eigenvalue weighted by Gasteiger charge is -2.17. The van der Waals surface area contributed by atoms with Crippen LogP contribution in [0.1, 0.15) is 16.7 Å². The number of aryl methyl sites for hydroxylation is 2. The third kappa shape index (κ3) is 3.29. The first-order chi connectivity index (χ1) is 9.47. The molecule has 0 atom stereocenters. The van der Waals surface area contributed by atoms with Gasteiger partial charge in [-0.05, 0) is 37.6 Å². The summed E-state index contributed by atoms with van der Waals surface area (Å²) in [5.74, 6) is -0.164. The fraction of sp³-hybridized carbons (Fsp3) is 0.294. The van der Waals surface area contributed by atoms with Gasteiger partial charge in [0.05, 0.1) is 0 Å². The van der Waals surface area contributed by atoms with Crippen LogP contribution in [0.2, 0.25) is 0 Å². The number of anilines is 2. The summed E-state index contributed by atoms with van der Waals surface area (Å²) < 4.78 is 13.7. The molecule has 0 aliphatic heterocycles. The molecule has 0 heterocycles. The highest BCUT2D eigenvalue weighted by Crippen LogP contribution is 2.23. The molecule has 0 amide bonds. The first-order valence-electron chi connectivity index (χ1n) is 6.74. The number of hydrogen-bond donors (Lipinski definition) is 1. The van der Waals surface area contributed by atoms with Crippen molar-refractivity contribution < 1.29 is 4.39 Å². The van der Waals surface area contributed by atoms with E-state index in [0.717, 1.165) is 11.3 Å². The lowest BCUT2D eigenvalue weighted by Crippen LogP contribution is -2.11. The van der Waals surface area contributed by atoms with Gasteiger partial charge in [0.2, 0.25) is 0 Å². The zero-order valence-corrected chi connectivity index (χ0v) is 12.5. The maximum Gasteiger partial charge on any atom is 0.128 e. The van der Waals surface area contributed by atoms with Gasteiger partial charge >= 0.3 is 0 Å². The second kappa shape index (κ2) is 5.95. The van der Waals surface area contributed by atoms with Crippen LogP contribution in [0.4, 0.5) is 15.8 Å². The number of hydrogen-bond acceptors (Lipinski definition) is 2. The van der Waals surface area contributed by atoms with Gasteiger partial charge in [-0.1, -0.05) is 23.8 Å². The average molecular weight is 272 g/mol. The molecular weight excluding hydrogens is 251 g/mol. The van der Waals surface area contributed by atoms with Gasteiger partial charge in [0.15, 0.2) is 0 Å². The molecule has 0 aromatic heterocycles. The number of nitrogens with one attached hydrogen (secondary N) is 1. The van der Waals surface area contributed by atoms with E-state index >= 15 is 0 Å². The van der Waals surface area contributed by atoms with E-state index in [1.54, 1.807) is 6.07 Å². The summed E-state index contributed by atoms with van der Waals surface area (Å²) in [5, 5.41) is 3.28. The topological polar surface area (TPSA) is 15.3 Å². The quantitative estimate of drug-likeness (QED) is 0.900. The van der Waals surface area contributed by atoms with Gasteiger partial charge in [-0.3, -0.25) is 0 Å². The van der Waals surface area contributed by atoms with Crippen LogP contribution in [0.25, 0.3) is 0 Å². The summed E-state index contributed by atoms with van der Waals surface area (Å²) in [6.07, 6.45) is 0. The van der Waals surface area contributed by atoms with Crippen LogP contribution in [0, 0.1) is 19.7 Å². The predicted octanol–water partition coefficient (Wildman–Crippen LogP) is 4.12. The number of nitrogens with zero attached hydrogens (tertiary/aromatic N) is 1. The van der Waals surface area contributed by atoms with Gasteiger partial charge < -0.3 is 10.2 Å². The fourth-order valence-corrected chi connectivity index (χ4v) is 2.24. The Labute approximate surface area is 120 Å². The summed E-state index contributed by atoms with van der Waals surface area (Å²) >= 11 is 0. The molecule has 0 aliphatic rings. The average Bonchev–Trinajstić information content (AvgIpc) is 2.41. The van der Waals surface area contributed by atoms with Crippen LogP contribution < -0.4 is 10.2 Å². The molecule has 0 aliphatic carbocycles. The molecule has 0 saturated carbocycles. The van der Waals surface area contributed by atoms with Gasteiger partial charge in [0.1, 0.15) is 5.82 Å². The maximum atomic E-state index is 13.7. The molecule has 2 aromatic rings. The van der Waals surface area contributed by atoms with Crippen molar-refractivity contribution in [3.05, 3.63) is 58.9 Å². The van der Waals surface area contributed by atoms with Crippen LogP contribution in [-0.4, -0.2) is 14.1 Å². The van der Waals surface area contributed by atoms with E-state index in [0.29, 0.717) is 12.1 Å². The Kier molecular flexibility index (Phi) is 4.28. The molecule has 2 rings (SSSR count). The highest BCUT2D eigenvalue weighted by atomic mass is 19.1. The second-order valence-electron chi connectivity index (χ2n) is 5.34. The van der Waals surface area contributed by atoms with Gasteiger partial charge in [0, 0.05) is 37.6 Å². The van der Waals surface area contributed by atoms with E-state index in [1.807, 2.05) is 33.2 Å². The maximum absolute atomic E-state index is 13.7. The number of rotatable bonds is 4. The molecule has 0 radical (unpaired) electrons. The molecule has 3 heteroatoms. The summed E-state index contributed by atoms with van der Waals surface area (Å²) in [4.78, 5) is 2.08. The van der Waals surface area contributed by atoms with E-state index in [2.05, 4.69) is 29.3 Å². The van der Waals surface area contributed by atoms with Crippen LogP contribution >= 0.6 is 0 Å². The summed E-state index contributed by atoms with van der Waals surface area (Å²) in [7, 11) is 4.04. The summed E-state index contributed by atoms with van der Waals surface area (Å²) in [6.45, 7) is 4.54. The number of halogens is 1. The van der Waals surface area contributed by atoms with E-state index in [-0.39, 0.29) is 5.82 Å². The molecule has 0 saturated heterocycles. The highest BCUT2D eigenvalue weighted by molar-refractivity contribution is 5.61. The fourth-order valence-electron chi connectivity index (χ4n) is 2.24.